The van der Waals surface area contributed by atoms with Gasteiger partial charge in [0, 0.05) is 42.9 Å². The van der Waals surface area contributed by atoms with E-state index in [1.807, 2.05) is 60.8 Å². The lowest BCUT2D eigenvalue weighted by atomic mass is 9.88. The molecule has 1 aromatic carbocycles. The van der Waals surface area contributed by atoms with Crippen LogP contribution in [0.25, 0.3) is 0 Å². The van der Waals surface area contributed by atoms with Crippen LogP contribution >= 0.6 is 0 Å². The van der Waals surface area contributed by atoms with Gasteiger partial charge in [-0.2, -0.15) is 5.10 Å². The van der Waals surface area contributed by atoms with Gasteiger partial charge in [0.05, 0.1) is 12.1 Å². The summed E-state index contributed by atoms with van der Waals surface area (Å²) < 4.78 is 1.82. The summed E-state index contributed by atoms with van der Waals surface area (Å²) in [4.78, 5) is 27.1. The standard InChI is InChI=1S/C20H25N3O2/c1-14-18(15(2)22(3)21-14)13-19(24)23-11-9-17(10-12-23)20(25)16-7-5-4-6-8-16/h4-8,17H,9-13H2,1-3H3. The topological polar surface area (TPSA) is 55.2 Å². The van der Waals surface area contributed by atoms with Crippen LogP contribution < -0.4 is 0 Å². The molecule has 1 amide bonds. The highest BCUT2D eigenvalue weighted by molar-refractivity contribution is 5.98. The first-order valence-corrected chi connectivity index (χ1v) is 8.83. The number of Topliss-reactive ketones (excluding diaryl/α,β-unsaturated/α-hetero) is 1. The first-order valence-electron chi connectivity index (χ1n) is 8.83. The highest BCUT2D eigenvalue weighted by Crippen LogP contribution is 2.23. The molecular weight excluding hydrogens is 314 g/mol. The number of ketones is 1. The van der Waals surface area contributed by atoms with E-state index in [-0.39, 0.29) is 17.6 Å². The predicted octanol–water partition coefficient (Wildman–Crippen LogP) is 2.70. The average Bonchev–Trinajstić information content (AvgIpc) is 2.88. The number of rotatable bonds is 4. The minimum absolute atomic E-state index is 0.0216. The Morgan fingerprint density at radius 3 is 2.32 bits per heavy atom. The Hall–Kier alpha value is -2.43. The first-order chi connectivity index (χ1) is 12.0. The number of benzene rings is 1. The van der Waals surface area contributed by atoms with Crippen LogP contribution in [0, 0.1) is 19.8 Å². The zero-order valence-corrected chi connectivity index (χ0v) is 15.2. The Balaban J connectivity index is 1.58. The number of aryl methyl sites for hydroxylation is 2. The van der Waals surface area contributed by atoms with Crippen LogP contribution in [0.4, 0.5) is 0 Å². The largest absolute Gasteiger partial charge is 0.342 e. The molecule has 0 spiro atoms. The molecule has 1 aliphatic rings. The lowest BCUT2D eigenvalue weighted by Crippen LogP contribution is -2.41. The molecule has 2 heterocycles. The van der Waals surface area contributed by atoms with Gasteiger partial charge in [-0.25, -0.2) is 0 Å². The highest BCUT2D eigenvalue weighted by atomic mass is 16.2. The molecule has 0 N–H and O–H groups in total. The van der Waals surface area contributed by atoms with Crippen molar-refractivity contribution >= 4 is 11.7 Å². The minimum atomic E-state index is 0.0216. The molecule has 5 heteroatoms. The van der Waals surface area contributed by atoms with E-state index < -0.39 is 0 Å². The molecule has 1 aromatic heterocycles. The first kappa shape index (κ1) is 17.4. The van der Waals surface area contributed by atoms with Crippen molar-refractivity contribution in [1.29, 1.82) is 0 Å². The van der Waals surface area contributed by atoms with E-state index in [0.29, 0.717) is 19.5 Å². The molecule has 0 bridgehead atoms. The van der Waals surface area contributed by atoms with E-state index in [1.165, 1.54) is 0 Å². The number of aromatic nitrogens is 2. The van der Waals surface area contributed by atoms with Crippen molar-refractivity contribution in [1.82, 2.24) is 14.7 Å². The number of hydrogen-bond donors (Lipinski definition) is 0. The van der Waals surface area contributed by atoms with Gasteiger partial charge in [0.1, 0.15) is 0 Å². The number of piperidine rings is 1. The molecule has 132 valence electrons. The number of carbonyl (C=O) groups is 2. The second-order valence-corrected chi connectivity index (χ2v) is 6.84. The summed E-state index contributed by atoms with van der Waals surface area (Å²) in [5, 5.41) is 4.38. The van der Waals surface area contributed by atoms with Crippen molar-refractivity contribution < 1.29 is 9.59 Å². The Morgan fingerprint density at radius 1 is 1.12 bits per heavy atom. The quantitative estimate of drug-likeness (QED) is 0.805. The fraction of sp³-hybridized carbons (Fsp3) is 0.450. The molecule has 3 rings (SSSR count). The summed E-state index contributed by atoms with van der Waals surface area (Å²) in [6.45, 7) is 5.24. The molecule has 25 heavy (non-hydrogen) atoms. The van der Waals surface area contributed by atoms with Gasteiger partial charge in [-0.3, -0.25) is 14.3 Å². The van der Waals surface area contributed by atoms with Crippen LogP contribution in [-0.2, 0) is 18.3 Å². The summed E-state index contributed by atoms with van der Waals surface area (Å²) in [5.74, 6) is 0.352. The summed E-state index contributed by atoms with van der Waals surface area (Å²) >= 11 is 0. The van der Waals surface area contributed by atoms with Gasteiger partial charge in [-0.15, -0.1) is 0 Å². The van der Waals surface area contributed by atoms with Crippen molar-refractivity contribution in [2.75, 3.05) is 13.1 Å². The van der Waals surface area contributed by atoms with E-state index in [0.717, 1.165) is 35.4 Å². The van der Waals surface area contributed by atoms with Gasteiger partial charge >= 0.3 is 0 Å². The summed E-state index contributed by atoms with van der Waals surface area (Å²) in [7, 11) is 1.90. The van der Waals surface area contributed by atoms with E-state index in [9.17, 15) is 9.59 Å². The van der Waals surface area contributed by atoms with Crippen LogP contribution in [0.15, 0.2) is 30.3 Å². The number of hydrogen-bond acceptors (Lipinski definition) is 3. The molecule has 0 unspecified atom stereocenters. The van der Waals surface area contributed by atoms with Crippen molar-refractivity contribution in [2.45, 2.75) is 33.1 Å². The van der Waals surface area contributed by atoms with Gasteiger partial charge in [-0.1, -0.05) is 30.3 Å². The molecule has 0 atom stereocenters. The Kier molecular flexibility index (Phi) is 5.02. The third kappa shape index (κ3) is 3.65. The zero-order valence-electron chi connectivity index (χ0n) is 15.2. The van der Waals surface area contributed by atoms with Crippen molar-refractivity contribution in [3.05, 3.63) is 52.8 Å². The monoisotopic (exact) mass is 339 g/mol. The molecule has 1 fully saturated rings. The third-order valence-electron chi connectivity index (χ3n) is 5.26. The molecule has 0 aliphatic carbocycles. The van der Waals surface area contributed by atoms with Crippen molar-refractivity contribution in [3.63, 3.8) is 0 Å². The van der Waals surface area contributed by atoms with Crippen molar-refractivity contribution in [2.24, 2.45) is 13.0 Å². The normalized spacial score (nSPS) is 15.4. The van der Waals surface area contributed by atoms with Gasteiger partial charge in [-0.05, 0) is 26.7 Å². The second-order valence-electron chi connectivity index (χ2n) is 6.84. The maximum absolute atomic E-state index is 12.6. The molecule has 0 saturated carbocycles. The van der Waals surface area contributed by atoms with Crippen molar-refractivity contribution in [3.8, 4) is 0 Å². The van der Waals surface area contributed by atoms with Crippen LogP contribution in [-0.4, -0.2) is 39.5 Å². The fourth-order valence-electron chi connectivity index (χ4n) is 3.57. The summed E-state index contributed by atoms with van der Waals surface area (Å²) in [5.41, 5.74) is 3.76. The van der Waals surface area contributed by atoms with E-state index in [2.05, 4.69) is 5.10 Å². The van der Waals surface area contributed by atoms with E-state index in [1.54, 1.807) is 0 Å². The number of carbonyl (C=O) groups excluding carboxylic acids is 2. The lowest BCUT2D eigenvalue weighted by Gasteiger charge is -2.31. The number of nitrogens with zero attached hydrogens (tertiary/aromatic N) is 3. The summed E-state index contributed by atoms with van der Waals surface area (Å²) in [6.07, 6.45) is 1.87. The van der Waals surface area contributed by atoms with Gasteiger partial charge in [0.25, 0.3) is 0 Å². The smallest absolute Gasteiger partial charge is 0.227 e. The van der Waals surface area contributed by atoms with E-state index in [4.69, 9.17) is 0 Å². The second kappa shape index (κ2) is 7.21. The highest BCUT2D eigenvalue weighted by Gasteiger charge is 2.28. The van der Waals surface area contributed by atoms with Gasteiger partial charge < -0.3 is 4.90 Å². The third-order valence-corrected chi connectivity index (χ3v) is 5.26. The lowest BCUT2D eigenvalue weighted by molar-refractivity contribution is -0.131. The SMILES string of the molecule is Cc1nn(C)c(C)c1CC(=O)N1CCC(C(=O)c2ccccc2)CC1. The number of amides is 1. The maximum Gasteiger partial charge on any atom is 0.227 e. The molecule has 2 aromatic rings. The Morgan fingerprint density at radius 2 is 1.76 bits per heavy atom. The Bertz CT molecular complexity index is 772. The molecule has 0 radical (unpaired) electrons. The fourth-order valence-corrected chi connectivity index (χ4v) is 3.57. The number of likely N-dealkylation sites (tertiary alicyclic amines) is 1. The van der Waals surface area contributed by atoms with Gasteiger partial charge in [0.2, 0.25) is 5.91 Å². The van der Waals surface area contributed by atoms with Crippen LogP contribution in [0.1, 0.15) is 40.2 Å². The summed E-state index contributed by atoms with van der Waals surface area (Å²) in [6, 6.07) is 9.44. The molecule has 1 saturated heterocycles. The van der Waals surface area contributed by atoms with Gasteiger partial charge in [0.15, 0.2) is 5.78 Å². The molecule has 1 aliphatic heterocycles. The van der Waals surface area contributed by atoms with Crippen LogP contribution in [0.3, 0.4) is 0 Å². The maximum atomic E-state index is 12.6. The predicted molar refractivity (Wildman–Crippen MR) is 96.5 cm³/mol. The minimum Gasteiger partial charge on any atom is -0.342 e. The Labute approximate surface area is 148 Å². The molecular formula is C20H25N3O2. The zero-order chi connectivity index (χ0) is 18.0. The van der Waals surface area contributed by atoms with Crippen LogP contribution in [0.5, 0.6) is 0 Å². The van der Waals surface area contributed by atoms with E-state index >= 15 is 0 Å². The van der Waals surface area contributed by atoms with Crippen LogP contribution in [0.2, 0.25) is 0 Å². The average molecular weight is 339 g/mol. The molecule has 5 nitrogen and oxygen atoms in total.